The van der Waals surface area contributed by atoms with E-state index in [1.807, 2.05) is 0 Å². The summed E-state index contributed by atoms with van der Waals surface area (Å²) in [7, 11) is 0. The molecule has 0 aromatic carbocycles. The van der Waals surface area contributed by atoms with E-state index in [1.54, 1.807) is 11.6 Å². The van der Waals surface area contributed by atoms with Crippen LogP contribution in [-0.2, 0) is 19.5 Å². The summed E-state index contributed by atoms with van der Waals surface area (Å²) in [6.45, 7) is 0. The van der Waals surface area contributed by atoms with Crippen LogP contribution in [0.25, 0.3) is 0 Å². The summed E-state index contributed by atoms with van der Waals surface area (Å²) in [4.78, 5) is 3.70. The molecule has 1 N–H and O–H groups in total. The largest absolute Gasteiger partial charge is 0.229 e. The van der Waals surface area contributed by atoms with Gasteiger partial charge in [0.15, 0.2) is 0 Å². The first-order valence-electron chi connectivity index (χ1n) is 1.70. The van der Waals surface area contributed by atoms with Crippen LogP contribution in [0.2, 0.25) is 0 Å². The summed E-state index contributed by atoms with van der Waals surface area (Å²) in [6.07, 6.45) is 1.62. The molecule has 0 aliphatic heterocycles. The monoisotopic (exact) mass is 177 g/mol. The molecule has 0 bridgehead atoms. The van der Waals surface area contributed by atoms with Crippen molar-refractivity contribution >= 4 is 16.5 Å². The van der Waals surface area contributed by atoms with Crippen molar-refractivity contribution in [2.24, 2.45) is 5.11 Å². The number of hydrogen-bond donors (Lipinski definition) is 1. The van der Waals surface area contributed by atoms with Gasteiger partial charge in [-0.15, -0.1) is 16.5 Å². The molecule has 0 aliphatic carbocycles. The molecule has 0 spiro atoms. The Morgan fingerprint density at radius 3 is 2.75 bits per heavy atom. The molecular formula is C3H3N3SZn. The molecule has 0 saturated carbocycles. The third-order valence-corrected chi connectivity index (χ3v) is 1.18. The fourth-order valence-electron chi connectivity index (χ4n) is 0.271. The van der Waals surface area contributed by atoms with Crippen LogP contribution in [0.15, 0.2) is 16.7 Å². The molecule has 0 radical (unpaired) electrons. The van der Waals surface area contributed by atoms with Crippen LogP contribution < -0.4 is 0 Å². The van der Waals surface area contributed by atoms with Crippen molar-refractivity contribution in [3.05, 3.63) is 11.6 Å². The Balaban J connectivity index is 0.000000490. The van der Waals surface area contributed by atoms with Crippen LogP contribution in [0.4, 0.5) is 5.13 Å². The van der Waals surface area contributed by atoms with E-state index in [1.165, 1.54) is 11.3 Å². The zero-order chi connectivity index (χ0) is 5.11. The summed E-state index contributed by atoms with van der Waals surface area (Å²) in [5.74, 6) is 0. The van der Waals surface area contributed by atoms with Gasteiger partial charge in [-0.1, -0.05) is 0 Å². The Labute approximate surface area is 63.4 Å². The van der Waals surface area contributed by atoms with Crippen LogP contribution in [0.1, 0.15) is 0 Å². The predicted molar refractivity (Wildman–Crippen MR) is 26.9 cm³/mol. The van der Waals surface area contributed by atoms with Crippen LogP contribution in [0.3, 0.4) is 0 Å². The maximum Gasteiger partial charge on any atom is 0.229 e. The average molecular weight is 179 g/mol. The topological polar surface area (TPSA) is 49.1 Å². The predicted octanol–water partition coefficient (Wildman–Crippen LogP) is 1.80. The summed E-state index contributed by atoms with van der Waals surface area (Å²) in [5, 5.41) is 5.39. The van der Waals surface area contributed by atoms with Crippen molar-refractivity contribution in [1.29, 1.82) is 5.53 Å². The van der Waals surface area contributed by atoms with Gasteiger partial charge in [0.2, 0.25) is 5.13 Å². The van der Waals surface area contributed by atoms with E-state index in [9.17, 15) is 0 Å². The number of hydrogen-bond acceptors (Lipinski definition) is 4. The molecular weight excluding hydrogens is 176 g/mol. The van der Waals surface area contributed by atoms with E-state index < -0.39 is 0 Å². The van der Waals surface area contributed by atoms with Crippen molar-refractivity contribution in [3.63, 3.8) is 0 Å². The molecule has 0 saturated heterocycles. The normalized spacial score (nSPS) is 7.50. The zero-order valence-electron chi connectivity index (χ0n) is 4.16. The second kappa shape index (κ2) is 3.81. The molecule has 1 rings (SSSR count). The van der Waals surface area contributed by atoms with Gasteiger partial charge in [0.1, 0.15) is 0 Å². The molecule has 1 aromatic rings. The Hall–Kier alpha value is -0.147. The van der Waals surface area contributed by atoms with Crippen molar-refractivity contribution in [2.45, 2.75) is 0 Å². The Kier molecular flexibility index (Phi) is 3.74. The van der Waals surface area contributed by atoms with Gasteiger partial charge in [-0.05, 0) is 0 Å². The van der Waals surface area contributed by atoms with Crippen molar-refractivity contribution in [3.8, 4) is 0 Å². The van der Waals surface area contributed by atoms with Crippen LogP contribution in [0, 0.1) is 5.53 Å². The molecule has 1 aromatic heterocycles. The maximum absolute atomic E-state index is 6.43. The van der Waals surface area contributed by atoms with Gasteiger partial charge in [0.05, 0.1) is 0 Å². The summed E-state index contributed by atoms with van der Waals surface area (Å²) < 4.78 is 0. The first-order chi connectivity index (χ1) is 3.43. The molecule has 3 nitrogen and oxygen atoms in total. The Morgan fingerprint density at radius 2 is 2.50 bits per heavy atom. The Bertz CT molecular complexity index is 150. The zero-order valence-corrected chi connectivity index (χ0v) is 7.95. The first-order valence-corrected chi connectivity index (χ1v) is 2.58. The van der Waals surface area contributed by atoms with Crippen molar-refractivity contribution in [2.75, 3.05) is 0 Å². The summed E-state index contributed by atoms with van der Waals surface area (Å²) in [5.41, 5.74) is 6.43. The van der Waals surface area contributed by atoms with E-state index in [-0.39, 0.29) is 19.5 Å². The van der Waals surface area contributed by atoms with Crippen molar-refractivity contribution in [1.82, 2.24) is 4.98 Å². The quantitative estimate of drug-likeness (QED) is 0.517. The van der Waals surface area contributed by atoms with E-state index >= 15 is 0 Å². The average Bonchev–Trinajstić information content (AvgIpc) is 2.14. The van der Waals surface area contributed by atoms with Crippen LogP contribution >= 0.6 is 11.3 Å². The third kappa shape index (κ3) is 1.76. The molecule has 0 atom stereocenters. The Morgan fingerprint density at radius 1 is 1.75 bits per heavy atom. The van der Waals surface area contributed by atoms with Crippen LogP contribution in [0.5, 0.6) is 0 Å². The van der Waals surface area contributed by atoms with Gasteiger partial charge in [-0.25, -0.2) is 10.5 Å². The molecule has 38 valence electrons. The van der Waals surface area contributed by atoms with Gasteiger partial charge in [-0.2, -0.15) is 0 Å². The van der Waals surface area contributed by atoms with E-state index in [2.05, 4.69) is 10.1 Å². The second-order valence-corrected chi connectivity index (χ2v) is 1.80. The number of aromatic nitrogens is 1. The molecule has 0 fully saturated rings. The van der Waals surface area contributed by atoms with E-state index in [0.29, 0.717) is 5.13 Å². The van der Waals surface area contributed by atoms with E-state index in [0.717, 1.165) is 0 Å². The number of rotatable bonds is 1. The molecule has 0 unspecified atom stereocenters. The van der Waals surface area contributed by atoms with Crippen molar-refractivity contribution < 1.29 is 19.5 Å². The minimum atomic E-state index is 0. The number of thiazole rings is 1. The molecule has 1 heterocycles. The van der Waals surface area contributed by atoms with Crippen LogP contribution in [-0.4, -0.2) is 4.98 Å². The van der Waals surface area contributed by atoms with Gasteiger partial charge < -0.3 is 0 Å². The molecule has 0 aliphatic rings. The molecule has 0 amide bonds. The standard InChI is InChI=1S/C3H3N3S.Zn/c4-6-3-5-1-2-7-3;/h1-2,4H;. The third-order valence-electron chi connectivity index (χ3n) is 0.515. The minimum absolute atomic E-state index is 0. The first kappa shape index (κ1) is 7.85. The van der Waals surface area contributed by atoms with Gasteiger partial charge in [-0.3, -0.25) is 0 Å². The number of nitrogens with one attached hydrogen (secondary N) is 1. The molecule has 5 heteroatoms. The second-order valence-electron chi connectivity index (χ2n) is 0.926. The molecule has 8 heavy (non-hydrogen) atoms. The number of nitrogens with zero attached hydrogens (tertiary/aromatic N) is 2. The van der Waals surface area contributed by atoms with E-state index in [4.69, 9.17) is 5.53 Å². The smallest absolute Gasteiger partial charge is 0.226 e. The maximum atomic E-state index is 6.43. The van der Waals surface area contributed by atoms with Gasteiger partial charge in [0, 0.05) is 31.1 Å². The summed E-state index contributed by atoms with van der Waals surface area (Å²) in [6, 6.07) is 0. The van der Waals surface area contributed by atoms with Gasteiger partial charge in [0.25, 0.3) is 0 Å². The van der Waals surface area contributed by atoms with Gasteiger partial charge >= 0.3 is 0 Å². The fourth-order valence-corrected chi connectivity index (χ4v) is 0.689. The SMILES string of the molecule is N=Nc1nccs1.[Zn]. The summed E-state index contributed by atoms with van der Waals surface area (Å²) >= 11 is 1.36. The fraction of sp³-hybridized carbons (Fsp3) is 0. The minimum Gasteiger partial charge on any atom is -0.226 e.